The number of halogens is 2. The van der Waals surface area contributed by atoms with E-state index in [0.29, 0.717) is 22.7 Å². The van der Waals surface area contributed by atoms with Crippen molar-refractivity contribution in [3.05, 3.63) is 65.5 Å². The van der Waals surface area contributed by atoms with Crippen LogP contribution in [-0.4, -0.2) is 63.3 Å². The minimum atomic E-state index is -0.444. The second-order valence-electron chi connectivity index (χ2n) is 10.7. The Morgan fingerprint density at radius 1 is 1.03 bits per heavy atom. The van der Waals surface area contributed by atoms with Gasteiger partial charge in [0, 0.05) is 49.2 Å². The van der Waals surface area contributed by atoms with Gasteiger partial charge in [0.2, 0.25) is 0 Å². The number of hydrogen-bond donors (Lipinski definition) is 2. The highest BCUT2D eigenvalue weighted by atomic mass is 19.1. The van der Waals surface area contributed by atoms with E-state index < -0.39 is 11.6 Å². The molecular formula is C28H33F2N5O2. The number of anilines is 1. The first kappa shape index (κ1) is 24.3. The van der Waals surface area contributed by atoms with E-state index in [9.17, 15) is 18.7 Å². The molecule has 1 aliphatic carbocycles. The molecular weight excluding hydrogens is 476 g/mol. The molecule has 2 saturated heterocycles. The fraction of sp³-hybridized carbons (Fsp3) is 0.500. The minimum Gasteiger partial charge on any atom is -0.392 e. The average Bonchev–Trinajstić information content (AvgIpc) is 3.65. The van der Waals surface area contributed by atoms with Crippen LogP contribution in [0.3, 0.4) is 0 Å². The summed E-state index contributed by atoms with van der Waals surface area (Å²) in [5.41, 5.74) is 2.43. The fourth-order valence-electron chi connectivity index (χ4n) is 6.44. The van der Waals surface area contributed by atoms with E-state index in [-0.39, 0.29) is 24.1 Å². The number of hydrogen-bond acceptors (Lipinski definition) is 5. The molecule has 7 nitrogen and oxygen atoms in total. The number of nitrogens with one attached hydrogen (secondary N) is 1. The van der Waals surface area contributed by atoms with Gasteiger partial charge in [0.25, 0.3) is 5.91 Å². The van der Waals surface area contributed by atoms with Crippen molar-refractivity contribution in [1.29, 1.82) is 0 Å². The van der Waals surface area contributed by atoms with Crippen LogP contribution < -0.4 is 10.2 Å². The lowest BCUT2D eigenvalue weighted by Crippen LogP contribution is -2.43. The molecule has 0 bridgehead atoms. The smallest absolute Gasteiger partial charge is 0.255 e. The van der Waals surface area contributed by atoms with Gasteiger partial charge in [-0.15, -0.1) is 0 Å². The molecule has 3 fully saturated rings. The Kier molecular flexibility index (Phi) is 6.58. The fourth-order valence-corrected chi connectivity index (χ4v) is 6.44. The van der Waals surface area contributed by atoms with E-state index in [1.165, 1.54) is 12.1 Å². The van der Waals surface area contributed by atoms with Crippen molar-refractivity contribution in [3.8, 4) is 0 Å². The Morgan fingerprint density at radius 2 is 1.86 bits per heavy atom. The standard InChI is InChI=1S/C28H33F2N5O2/c29-18-3-8-25(30)23(14-18)26-2-1-11-34(26)21-9-13-35-27(15-21)24(16-31-35)28(37)32-19-4-6-20(7-5-19)33-12-10-22(36)17-33/h3,8-9,13-16,19-20,22,26,36H,1-2,4-7,10-12,17H2,(H,32,37)/t19?,20?,22-,26+/m0/s1. The number of carbonyl (C=O) groups excluding carboxylic acids is 1. The van der Waals surface area contributed by atoms with Crippen molar-refractivity contribution >= 4 is 17.1 Å². The third-order valence-corrected chi connectivity index (χ3v) is 8.39. The Morgan fingerprint density at radius 3 is 2.65 bits per heavy atom. The molecule has 0 spiro atoms. The molecule has 4 heterocycles. The monoisotopic (exact) mass is 509 g/mol. The summed E-state index contributed by atoms with van der Waals surface area (Å²) in [4.78, 5) is 17.7. The van der Waals surface area contributed by atoms with Crippen LogP contribution in [-0.2, 0) is 0 Å². The van der Waals surface area contributed by atoms with Crippen LogP contribution in [0, 0.1) is 11.6 Å². The predicted octanol–water partition coefficient (Wildman–Crippen LogP) is 4.06. The summed E-state index contributed by atoms with van der Waals surface area (Å²) in [6.07, 6.45) is 9.53. The first-order valence-electron chi connectivity index (χ1n) is 13.4. The summed E-state index contributed by atoms with van der Waals surface area (Å²) in [5, 5.41) is 17.4. The summed E-state index contributed by atoms with van der Waals surface area (Å²) in [6.45, 7) is 2.44. The van der Waals surface area contributed by atoms with E-state index in [1.54, 1.807) is 10.7 Å². The lowest BCUT2D eigenvalue weighted by atomic mass is 9.90. The van der Waals surface area contributed by atoms with Crippen molar-refractivity contribution in [3.63, 3.8) is 0 Å². The average molecular weight is 510 g/mol. The zero-order valence-corrected chi connectivity index (χ0v) is 20.8. The van der Waals surface area contributed by atoms with Crippen molar-refractivity contribution in [2.45, 2.75) is 69.2 Å². The van der Waals surface area contributed by atoms with Gasteiger partial charge in [-0.05, 0) is 75.3 Å². The maximum absolute atomic E-state index is 14.6. The van der Waals surface area contributed by atoms with Gasteiger partial charge in [-0.3, -0.25) is 9.69 Å². The molecule has 196 valence electrons. The maximum Gasteiger partial charge on any atom is 0.255 e. The topological polar surface area (TPSA) is 73.1 Å². The molecule has 2 atom stereocenters. The van der Waals surface area contributed by atoms with Gasteiger partial charge in [-0.1, -0.05) is 0 Å². The number of aromatic nitrogens is 2. The largest absolute Gasteiger partial charge is 0.392 e. The number of amides is 1. The Bertz CT molecular complexity index is 1290. The first-order chi connectivity index (χ1) is 18.0. The van der Waals surface area contributed by atoms with E-state index in [1.807, 2.05) is 18.3 Å². The molecule has 6 rings (SSSR count). The second-order valence-corrected chi connectivity index (χ2v) is 10.7. The molecule has 1 saturated carbocycles. The number of carbonyl (C=O) groups is 1. The summed E-state index contributed by atoms with van der Waals surface area (Å²) in [7, 11) is 0. The summed E-state index contributed by atoms with van der Waals surface area (Å²) in [5.74, 6) is -0.985. The minimum absolute atomic E-state index is 0.119. The molecule has 0 unspecified atom stereocenters. The molecule has 0 radical (unpaired) electrons. The van der Waals surface area contributed by atoms with Gasteiger partial charge in [-0.2, -0.15) is 5.10 Å². The molecule has 1 amide bonds. The van der Waals surface area contributed by atoms with Gasteiger partial charge in [0.1, 0.15) is 11.6 Å². The number of benzene rings is 1. The summed E-state index contributed by atoms with van der Waals surface area (Å²) >= 11 is 0. The Balaban J connectivity index is 1.16. The molecule has 3 aromatic rings. The quantitative estimate of drug-likeness (QED) is 0.543. The zero-order valence-electron chi connectivity index (χ0n) is 20.8. The van der Waals surface area contributed by atoms with Crippen molar-refractivity contribution in [1.82, 2.24) is 19.8 Å². The van der Waals surface area contributed by atoms with E-state index in [0.717, 1.165) is 76.3 Å². The van der Waals surface area contributed by atoms with Gasteiger partial charge in [0.05, 0.1) is 29.4 Å². The molecule has 1 aromatic carbocycles. The highest BCUT2D eigenvalue weighted by molar-refractivity contribution is 6.01. The van der Waals surface area contributed by atoms with Gasteiger partial charge in [0.15, 0.2) is 0 Å². The van der Waals surface area contributed by atoms with Crippen LogP contribution in [0.5, 0.6) is 0 Å². The number of likely N-dealkylation sites (tertiary alicyclic amines) is 1. The van der Waals surface area contributed by atoms with Crippen LogP contribution in [0.25, 0.3) is 5.52 Å². The van der Waals surface area contributed by atoms with Crippen LogP contribution in [0.2, 0.25) is 0 Å². The first-order valence-corrected chi connectivity index (χ1v) is 13.4. The van der Waals surface area contributed by atoms with Gasteiger partial charge < -0.3 is 15.3 Å². The number of aliphatic hydroxyl groups is 1. The van der Waals surface area contributed by atoms with E-state index in [2.05, 4.69) is 20.2 Å². The van der Waals surface area contributed by atoms with Crippen LogP contribution in [0.1, 0.15) is 66.9 Å². The highest BCUT2D eigenvalue weighted by Crippen LogP contribution is 2.38. The third-order valence-electron chi connectivity index (χ3n) is 8.39. The normalized spacial score (nSPS) is 26.7. The number of aliphatic hydroxyl groups excluding tert-OH is 1. The molecule has 3 aliphatic rings. The number of β-amino-alcohol motifs (C(OH)–C–C–N with tert-alkyl or cyclic N) is 1. The molecule has 2 aliphatic heterocycles. The van der Waals surface area contributed by atoms with E-state index in [4.69, 9.17) is 0 Å². The number of nitrogens with zero attached hydrogens (tertiary/aromatic N) is 4. The molecule has 2 N–H and O–H groups in total. The number of fused-ring (bicyclic) bond motifs is 1. The van der Waals surface area contributed by atoms with Crippen LogP contribution in [0.4, 0.5) is 14.5 Å². The van der Waals surface area contributed by atoms with Gasteiger partial charge >= 0.3 is 0 Å². The third kappa shape index (κ3) is 4.82. The lowest BCUT2D eigenvalue weighted by molar-refractivity contribution is 0.0907. The van der Waals surface area contributed by atoms with Crippen molar-refractivity contribution in [2.75, 3.05) is 24.5 Å². The SMILES string of the molecule is O=C(NC1CCC(N2CC[C@H](O)C2)CC1)c1cnn2ccc(N3CCC[C@@H]3c3cc(F)ccc3F)cc12. The van der Waals surface area contributed by atoms with E-state index >= 15 is 0 Å². The maximum atomic E-state index is 14.6. The lowest BCUT2D eigenvalue weighted by Gasteiger charge is -2.34. The van der Waals surface area contributed by atoms with Crippen LogP contribution in [0.15, 0.2) is 42.7 Å². The van der Waals surface area contributed by atoms with Crippen LogP contribution >= 0.6 is 0 Å². The van der Waals surface area contributed by atoms with Crippen molar-refractivity contribution in [2.24, 2.45) is 0 Å². The van der Waals surface area contributed by atoms with Gasteiger partial charge in [-0.25, -0.2) is 13.3 Å². The second kappa shape index (κ2) is 10.0. The Labute approximate surface area is 215 Å². The molecule has 2 aromatic heterocycles. The summed E-state index contributed by atoms with van der Waals surface area (Å²) < 4.78 is 30.1. The molecule has 37 heavy (non-hydrogen) atoms. The van der Waals surface area contributed by atoms with Crippen molar-refractivity contribution < 1.29 is 18.7 Å². The summed E-state index contributed by atoms with van der Waals surface area (Å²) in [6, 6.07) is 7.80. The Hall–Kier alpha value is -3.04. The number of pyridine rings is 1. The number of rotatable bonds is 5. The molecule has 9 heteroatoms. The highest BCUT2D eigenvalue weighted by Gasteiger charge is 2.32. The predicted molar refractivity (Wildman–Crippen MR) is 137 cm³/mol. The zero-order chi connectivity index (χ0) is 25.5.